The van der Waals surface area contributed by atoms with Crippen molar-refractivity contribution in [2.45, 2.75) is 46.6 Å². The fourth-order valence-corrected chi connectivity index (χ4v) is 2.98. The molecule has 2 aromatic rings. The van der Waals surface area contributed by atoms with E-state index in [1.54, 1.807) is 18.4 Å². The molecule has 0 fully saturated rings. The molecule has 2 N–H and O–H groups in total. The zero-order valence-electron chi connectivity index (χ0n) is 15.5. The highest BCUT2D eigenvalue weighted by Crippen LogP contribution is 2.17. The van der Waals surface area contributed by atoms with Crippen molar-refractivity contribution in [2.24, 2.45) is 11.8 Å². The maximum Gasteiger partial charge on any atom is 0.251 e. The lowest BCUT2D eigenvalue weighted by Gasteiger charge is -2.23. The SMILES string of the molecule is CCC(C(=O)N[C@H](CC)CNC(=O)c1ccc2ccoc2c1)C(C)C. The number of hydrogen-bond donors (Lipinski definition) is 2. The standard InChI is InChI=1S/C20H28N2O3/c1-5-16(22-20(24)17(6-2)13(3)4)12-21-19(23)15-8-7-14-9-10-25-18(14)11-15/h7-11,13,16-17H,5-6,12H2,1-4H3,(H,21,23)(H,22,24)/t16-,17?/m1/s1. The first-order valence-corrected chi connectivity index (χ1v) is 9.02. The molecule has 1 heterocycles. The highest BCUT2D eigenvalue weighted by atomic mass is 16.3. The van der Waals surface area contributed by atoms with Gasteiger partial charge in [-0.05, 0) is 37.0 Å². The molecule has 0 bridgehead atoms. The Kier molecular flexibility index (Phi) is 6.62. The highest BCUT2D eigenvalue weighted by molar-refractivity contribution is 5.97. The largest absolute Gasteiger partial charge is 0.464 e. The van der Waals surface area contributed by atoms with Gasteiger partial charge in [-0.25, -0.2) is 0 Å². The Labute approximate surface area is 149 Å². The third-order valence-electron chi connectivity index (χ3n) is 4.65. The lowest BCUT2D eigenvalue weighted by molar-refractivity contribution is -0.127. The molecule has 2 amide bonds. The molecule has 0 saturated carbocycles. The van der Waals surface area contributed by atoms with Gasteiger partial charge >= 0.3 is 0 Å². The molecule has 0 radical (unpaired) electrons. The van der Waals surface area contributed by atoms with Gasteiger partial charge in [0.15, 0.2) is 0 Å². The number of benzene rings is 1. The van der Waals surface area contributed by atoms with Crippen LogP contribution in [-0.2, 0) is 4.79 Å². The molecule has 0 aliphatic rings. The number of carbonyl (C=O) groups is 2. The van der Waals surface area contributed by atoms with E-state index in [0.29, 0.717) is 23.6 Å². The van der Waals surface area contributed by atoms with E-state index in [0.717, 1.165) is 18.2 Å². The Bertz CT molecular complexity index is 721. The number of fused-ring (bicyclic) bond motifs is 1. The molecule has 1 aromatic carbocycles. The normalized spacial score (nSPS) is 13.6. The molecule has 0 aliphatic carbocycles. The molecule has 1 aromatic heterocycles. The van der Waals surface area contributed by atoms with E-state index in [-0.39, 0.29) is 23.8 Å². The Morgan fingerprint density at radius 1 is 1.12 bits per heavy atom. The summed E-state index contributed by atoms with van der Waals surface area (Å²) in [6.07, 6.45) is 3.18. The minimum atomic E-state index is -0.165. The number of nitrogens with one attached hydrogen (secondary N) is 2. The van der Waals surface area contributed by atoms with Crippen molar-refractivity contribution in [1.82, 2.24) is 10.6 Å². The quantitative estimate of drug-likeness (QED) is 0.766. The van der Waals surface area contributed by atoms with Gasteiger partial charge in [0.25, 0.3) is 5.91 Å². The number of rotatable bonds is 8. The Morgan fingerprint density at radius 2 is 1.88 bits per heavy atom. The fraction of sp³-hybridized carbons (Fsp3) is 0.500. The molecule has 136 valence electrons. The predicted molar refractivity (Wildman–Crippen MR) is 99.4 cm³/mol. The van der Waals surface area contributed by atoms with E-state index in [9.17, 15) is 9.59 Å². The van der Waals surface area contributed by atoms with Crippen molar-refractivity contribution in [3.63, 3.8) is 0 Å². The van der Waals surface area contributed by atoms with Crippen LogP contribution in [0.5, 0.6) is 0 Å². The minimum Gasteiger partial charge on any atom is -0.464 e. The summed E-state index contributed by atoms with van der Waals surface area (Å²) in [5.74, 6) is 0.209. The van der Waals surface area contributed by atoms with Gasteiger partial charge in [-0.2, -0.15) is 0 Å². The van der Waals surface area contributed by atoms with E-state index in [1.807, 2.05) is 26.0 Å². The Hall–Kier alpha value is -2.30. The number of hydrogen-bond acceptors (Lipinski definition) is 3. The molecule has 0 spiro atoms. The molecule has 1 unspecified atom stereocenters. The van der Waals surface area contributed by atoms with Crippen molar-refractivity contribution < 1.29 is 14.0 Å². The zero-order chi connectivity index (χ0) is 18.4. The summed E-state index contributed by atoms with van der Waals surface area (Å²) in [6.45, 7) is 8.55. The molecule has 0 saturated heterocycles. The first kappa shape index (κ1) is 19.0. The van der Waals surface area contributed by atoms with Gasteiger partial charge in [0, 0.05) is 29.5 Å². The van der Waals surface area contributed by atoms with Gasteiger partial charge in [-0.15, -0.1) is 0 Å². The molecule has 5 heteroatoms. The van der Waals surface area contributed by atoms with Crippen molar-refractivity contribution >= 4 is 22.8 Å². The Morgan fingerprint density at radius 3 is 2.52 bits per heavy atom. The van der Waals surface area contributed by atoms with Crippen LogP contribution in [0.1, 0.15) is 50.9 Å². The van der Waals surface area contributed by atoms with E-state index in [2.05, 4.69) is 24.5 Å². The van der Waals surface area contributed by atoms with Crippen LogP contribution in [0.2, 0.25) is 0 Å². The van der Waals surface area contributed by atoms with Crippen molar-refractivity contribution in [3.8, 4) is 0 Å². The summed E-state index contributed by atoms with van der Waals surface area (Å²) in [5, 5.41) is 6.93. The van der Waals surface area contributed by atoms with E-state index in [4.69, 9.17) is 4.42 Å². The molecule has 2 atom stereocenters. The van der Waals surface area contributed by atoms with Crippen LogP contribution in [0.3, 0.4) is 0 Å². The van der Waals surface area contributed by atoms with Crippen LogP contribution in [0.25, 0.3) is 11.0 Å². The van der Waals surface area contributed by atoms with Gasteiger partial charge in [-0.1, -0.05) is 33.8 Å². The smallest absolute Gasteiger partial charge is 0.251 e. The first-order chi connectivity index (χ1) is 12.0. The lowest BCUT2D eigenvalue weighted by atomic mass is 9.92. The maximum absolute atomic E-state index is 12.4. The van der Waals surface area contributed by atoms with Crippen LogP contribution in [0.15, 0.2) is 34.9 Å². The summed E-state index contributed by atoms with van der Waals surface area (Å²) in [7, 11) is 0. The average Bonchev–Trinajstić information content (AvgIpc) is 3.06. The first-order valence-electron chi connectivity index (χ1n) is 9.02. The molecular formula is C20H28N2O3. The average molecular weight is 344 g/mol. The van der Waals surface area contributed by atoms with E-state index in [1.165, 1.54) is 0 Å². The minimum absolute atomic E-state index is 0.00566. The van der Waals surface area contributed by atoms with Gasteiger partial charge in [0.2, 0.25) is 5.91 Å². The van der Waals surface area contributed by atoms with Crippen molar-refractivity contribution in [2.75, 3.05) is 6.54 Å². The van der Waals surface area contributed by atoms with Crippen LogP contribution in [0.4, 0.5) is 0 Å². The molecule has 2 rings (SSSR count). The van der Waals surface area contributed by atoms with Crippen LogP contribution >= 0.6 is 0 Å². The number of amides is 2. The number of furan rings is 1. The second-order valence-corrected chi connectivity index (χ2v) is 6.76. The third kappa shape index (κ3) is 4.84. The summed E-state index contributed by atoms with van der Waals surface area (Å²) in [6, 6.07) is 7.16. The molecule has 0 aliphatic heterocycles. The summed E-state index contributed by atoms with van der Waals surface area (Å²) in [5.41, 5.74) is 1.24. The summed E-state index contributed by atoms with van der Waals surface area (Å²) >= 11 is 0. The second-order valence-electron chi connectivity index (χ2n) is 6.76. The Balaban J connectivity index is 1.92. The maximum atomic E-state index is 12.4. The van der Waals surface area contributed by atoms with E-state index < -0.39 is 0 Å². The molecular weight excluding hydrogens is 316 g/mol. The van der Waals surface area contributed by atoms with Crippen LogP contribution in [0, 0.1) is 11.8 Å². The van der Waals surface area contributed by atoms with Gasteiger partial charge in [0.05, 0.1) is 6.26 Å². The van der Waals surface area contributed by atoms with Gasteiger partial charge in [-0.3, -0.25) is 9.59 Å². The second kappa shape index (κ2) is 8.70. The third-order valence-corrected chi connectivity index (χ3v) is 4.65. The van der Waals surface area contributed by atoms with Crippen molar-refractivity contribution in [3.05, 3.63) is 36.1 Å². The van der Waals surface area contributed by atoms with Gasteiger partial charge < -0.3 is 15.1 Å². The molecule has 5 nitrogen and oxygen atoms in total. The monoisotopic (exact) mass is 344 g/mol. The van der Waals surface area contributed by atoms with Gasteiger partial charge in [0.1, 0.15) is 5.58 Å². The zero-order valence-corrected chi connectivity index (χ0v) is 15.5. The summed E-state index contributed by atoms with van der Waals surface area (Å²) in [4.78, 5) is 24.7. The lowest BCUT2D eigenvalue weighted by Crippen LogP contribution is -2.46. The highest BCUT2D eigenvalue weighted by Gasteiger charge is 2.22. The van der Waals surface area contributed by atoms with Crippen LogP contribution < -0.4 is 10.6 Å². The number of carbonyl (C=O) groups excluding carboxylic acids is 2. The molecule has 25 heavy (non-hydrogen) atoms. The predicted octanol–water partition coefficient (Wildman–Crippen LogP) is 3.74. The van der Waals surface area contributed by atoms with Crippen molar-refractivity contribution in [1.29, 1.82) is 0 Å². The summed E-state index contributed by atoms with van der Waals surface area (Å²) < 4.78 is 5.33. The topological polar surface area (TPSA) is 71.3 Å². The fourth-order valence-electron chi connectivity index (χ4n) is 2.98. The van der Waals surface area contributed by atoms with E-state index >= 15 is 0 Å². The van der Waals surface area contributed by atoms with Crippen LogP contribution in [-0.4, -0.2) is 24.4 Å².